The number of fused-ring (bicyclic) bond motifs is 2. The fourth-order valence-corrected chi connectivity index (χ4v) is 4.06. The maximum atomic E-state index is 13.7. The molecule has 0 saturated heterocycles. The molecule has 8 nitrogen and oxygen atoms in total. The third-order valence-corrected chi connectivity index (χ3v) is 5.91. The number of rotatable bonds is 5. The van der Waals surface area contributed by atoms with Gasteiger partial charge in [0.05, 0.1) is 16.5 Å². The predicted octanol–water partition coefficient (Wildman–Crippen LogP) is 6.02. The van der Waals surface area contributed by atoms with Gasteiger partial charge in [-0.15, -0.1) is 0 Å². The van der Waals surface area contributed by atoms with Gasteiger partial charge in [-0.1, -0.05) is 11.2 Å². The molecule has 0 saturated carbocycles. The molecule has 1 aliphatic rings. The van der Waals surface area contributed by atoms with Crippen molar-refractivity contribution in [1.82, 2.24) is 10.1 Å². The maximum absolute atomic E-state index is 13.7. The van der Waals surface area contributed by atoms with Gasteiger partial charge in [0.2, 0.25) is 5.82 Å². The van der Waals surface area contributed by atoms with Crippen LogP contribution in [0.1, 0.15) is 11.4 Å². The standard InChI is InChI=1S/C27H16F4N2O6/c28-17-8-15(7-16(10-17)27(29,30)31)26-32-24(33-39-26)13-37-18-2-3-19-22(11-18)38-12-20(25(19)34)14-1-4-21-23(9-14)36-6-5-35-21/h1-4,7-12H,5-6,13H2. The van der Waals surface area contributed by atoms with Crippen molar-refractivity contribution < 1.29 is 40.7 Å². The number of halogens is 4. The van der Waals surface area contributed by atoms with Gasteiger partial charge in [0.15, 0.2) is 23.5 Å². The second kappa shape index (κ2) is 9.46. The van der Waals surface area contributed by atoms with E-state index in [1.807, 2.05) is 0 Å². The highest BCUT2D eigenvalue weighted by molar-refractivity contribution is 5.83. The van der Waals surface area contributed by atoms with Crippen molar-refractivity contribution >= 4 is 11.0 Å². The van der Waals surface area contributed by atoms with Gasteiger partial charge in [0.25, 0.3) is 5.89 Å². The number of hydrogen-bond donors (Lipinski definition) is 0. The van der Waals surface area contributed by atoms with E-state index in [1.165, 1.54) is 12.3 Å². The molecule has 0 aliphatic carbocycles. The zero-order chi connectivity index (χ0) is 27.1. The van der Waals surface area contributed by atoms with Crippen molar-refractivity contribution in [2.24, 2.45) is 0 Å². The van der Waals surface area contributed by atoms with Crippen molar-refractivity contribution in [2.75, 3.05) is 13.2 Å². The molecule has 0 amide bonds. The Morgan fingerprint density at radius 2 is 1.74 bits per heavy atom. The van der Waals surface area contributed by atoms with E-state index in [9.17, 15) is 22.4 Å². The third-order valence-electron chi connectivity index (χ3n) is 5.91. The monoisotopic (exact) mass is 540 g/mol. The minimum Gasteiger partial charge on any atom is -0.486 e. The van der Waals surface area contributed by atoms with Crippen LogP contribution in [0.3, 0.4) is 0 Å². The Balaban J connectivity index is 1.20. The van der Waals surface area contributed by atoms with Crippen LogP contribution in [0.4, 0.5) is 17.6 Å². The topological polar surface area (TPSA) is 96.8 Å². The molecule has 198 valence electrons. The van der Waals surface area contributed by atoms with Crippen molar-refractivity contribution in [3.63, 3.8) is 0 Å². The van der Waals surface area contributed by atoms with Crippen LogP contribution in [0.5, 0.6) is 17.2 Å². The molecule has 0 N–H and O–H groups in total. The molecule has 1 aliphatic heterocycles. The van der Waals surface area contributed by atoms with Crippen molar-refractivity contribution in [2.45, 2.75) is 12.8 Å². The van der Waals surface area contributed by atoms with Gasteiger partial charge >= 0.3 is 6.18 Å². The molecule has 0 bridgehead atoms. The van der Waals surface area contributed by atoms with Crippen LogP contribution in [-0.4, -0.2) is 23.4 Å². The maximum Gasteiger partial charge on any atom is 0.416 e. The van der Waals surface area contributed by atoms with Gasteiger partial charge in [0, 0.05) is 11.6 Å². The van der Waals surface area contributed by atoms with Gasteiger partial charge in [0.1, 0.15) is 36.6 Å². The summed E-state index contributed by atoms with van der Waals surface area (Å²) in [6.07, 6.45) is -3.39. The average Bonchev–Trinajstić information content (AvgIpc) is 3.40. The van der Waals surface area contributed by atoms with E-state index >= 15 is 0 Å². The fraction of sp³-hybridized carbons (Fsp3) is 0.148. The first-order valence-electron chi connectivity index (χ1n) is 11.5. The zero-order valence-corrected chi connectivity index (χ0v) is 19.8. The molecule has 3 aromatic carbocycles. The normalized spacial score (nSPS) is 13.0. The minimum atomic E-state index is -4.74. The van der Waals surface area contributed by atoms with Crippen LogP contribution in [0.2, 0.25) is 0 Å². The predicted molar refractivity (Wildman–Crippen MR) is 128 cm³/mol. The molecule has 12 heteroatoms. The third kappa shape index (κ3) is 4.88. The zero-order valence-electron chi connectivity index (χ0n) is 19.8. The van der Waals surface area contributed by atoms with Crippen molar-refractivity contribution in [1.29, 1.82) is 0 Å². The van der Waals surface area contributed by atoms with Gasteiger partial charge in [-0.25, -0.2) is 4.39 Å². The van der Waals surface area contributed by atoms with Crippen molar-refractivity contribution in [3.05, 3.63) is 88.3 Å². The van der Waals surface area contributed by atoms with E-state index in [0.29, 0.717) is 59.1 Å². The van der Waals surface area contributed by atoms with E-state index < -0.39 is 17.6 Å². The van der Waals surface area contributed by atoms with Crippen LogP contribution in [0.15, 0.2) is 74.6 Å². The van der Waals surface area contributed by atoms with Crippen LogP contribution in [0.25, 0.3) is 33.6 Å². The molecular weight excluding hydrogens is 524 g/mol. The summed E-state index contributed by atoms with van der Waals surface area (Å²) in [7, 11) is 0. The molecule has 5 aromatic rings. The number of nitrogens with zero attached hydrogens (tertiary/aromatic N) is 2. The Bertz CT molecular complexity index is 1760. The van der Waals surface area contributed by atoms with E-state index in [1.54, 1.807) is 30.3 Å². The van der Waals surface area contributed by atoms with Crippen molar-refractivity contribution in [3.8, 4) is 39.8 Å². The Labute approximate surface area is 216 Å². The summed E-state index contributed by atoms with van der Waals surface area (Å²) in [5, 5.41) is 4.00. The van der Waals surface area contributed by atoms with E-state index in [0.717, 1.165) is 6.07 Å². The lowest BCUT2D eigenvalue weighted by molar-refractivity contribution is -0.137. The quantitative estimate of drug-likeness (QED) is 0.250. The summed E-state index contributed by atoms with van der Waals surface area (Å²) in [6, 6.07) is 11.8. The Hall–Kier alpha value is -4.87. The van der Waals surface area contributed by atoms with Gasteiger partial charge in [-0.3, -0.25) is 4.79 Å². The van der Waals surface area contributed by atoms with Crippen LogP contribution in [-0.2, 0) is 12.8 Å². The summed E-state index contributed by atoms with van der Waals surface area (Å²) < 4.78 is 80.1. The minimum absolute atomic E-state index is 0.0123. The lowest BCUT2D eigenvalue weighted by Crippen LogP contribution is -2.15. The highest BCUT2D eigenvalue weighted by atomic mass is 19.4. The fourth-order valence-electron chi connectivity index (χ4n) is 4.06. The summed E-state index contributed by atoms with van der Waals surface area (Å²) in [5.74, 6) is 0.0883. The van der Waals surface area contributed by atoms with E-state index in [-0.39, 0.29) is 34.9 Å². The molecule has 6 rings (SSSR count). The van der Waals surface area contributed by atoms with Gasteiger partial charge < -0.3 is 23.2 Å². The summed E-state index contributed by atoms with van der Waals surface area (Å²) in [4.78, 5) is 17.1. The second-order valence-corrected chi connectivity index (χ2v) is 8.53. The van der Waals surface area contributed by atoms with E-state index in [2.05, 4.69) is 10.1 Å². The summed E-state index contributed by atoms with van der Waals surface area (Å²) in [6.45, 7) is 0.662. The molecule has 0 radical (unpaired) electrons. The Morgan fingerprint density at radius 1 is 0.923 bits per heavy atom. The lowest BCUT2D eigenvalue weighted by Gasteiger charge is -2.18. The molecule has 0 fully saturated rings. The lowest BCUT2D eigenvalue weighted by atomic mass is 10.0. The summed E-state index contributed by atoms with van der Waals surface area (Å²) >= 11 is 0. The molecule has 2 aromatic heterocycles. The molecule has 0 unspecified atom stereocenters. The first-order valence-corrected chi connectivity index (χ1v) is 11.5. The molecular formula is C27H16F4N2O6. The highest BCUT2D eigenvalue weighted by Gasteiger charge is 2.32. The number of alkyl halides is 3. The average molecular weight is 540 g/mol. The smallest absolute Gasteiger partial charge is 0.416 e. The molecule has 3 heterocycles. The molecule has 0 spiro atoms. The van der Waals surface area contributed by atoms with Crippen LogP contribution < -0.4 is 19.6 Å². The summed E-state index contributed by atoms with van der Waals surface area (Å²) in [5.41, 5.74) is -0.421. The Kier molecular flexibility index (Phi) is 5.93. The first kappa shape index (κ1) is 24.5. The van der Waals surface area contributed by atoms with Gasteiger partial charge in [-0.05, 0) is 48.0 Å². The Morgan fingerprint density at radius 3 is 2.56 bits per heavy atom. The number of ether oxygens (including phenoxy) is 3. The molecule has 0 atom stereocenters. The number of benzene rings is 3. The van der Waals surface area contributed by atoms with Crippen LogP contribution in [0, 0.1) is 5.82 Å². The SMILES string of the molecule is O=c1c(-c2ccc3c(c2)OCCO3)coc2cc(OCc3noc(-c4cc(F)cc(C(F)(F)F)c4)n3)ccc12. The second-order valence-electron chi connectivity index (χ2n) is 8.53. The van der Waals surface area contributed by atoms with Gasteiger partial charge in [-0.2, -0.15) is 18.2 Å². The van der Waals surface area contributed by atoms with E-state index in [4.69, 9.17) is 23.2 Å². The first-order chi connectivity index (χ1) is 18.7. The number of aromatic nitrogens is 2. The number of hydrogen-bond acceptors (Lipinski definition) is 8. The van der Waals surface area contributed by atoms with Crippen LogP contribution >= 0.6 is 0 Å². The molecule has 39 heavy (non-hydrogen) atoms. The largest absolute Gasteiger partial charge is 0.486 e. The highest BCUT2D eigenvalue weighted by Crippen LogP contribution is 2.35.